The third-order valence-corrected chi connectivity index (χ3v) is 5.66. The summed E-state index contributed by atoms with van der Waals surface area (Å²) in [4.78, 5) is 24.4. The van der Waals surface area contributed by atoms with Crippen molar-refractivity contribution < 1.29 is 23.1 Å². The Labute approximate surface area is 198 Å². The molecule has 2 amide bonds. The Kier molecular flexibility index (Phi) is 7.23. The van der Waals surface area contributed by atoms with Crippen LogP contribution in [0.2, 0.25) is 0 Å². The van der Waals surface area contributed by atoms with Crippen LogP contribution in [0.5, 0.6) is 5.75 Å². The van der Waals surface area contributed by atoms with Crippen LogP contribution in [0.4, 0.5) is 4.39 Å². The molecule has 0 fully saturated rings. The summed E-state index contributed by atoms with van der Waals surface area (Å²) in [6.07, 6.45) is 1.58. The Bertz CT molecular complexity index is 1280. The summed E-state index contributed by atoms with van der Waals surface area (Å²) in [7, 11) is 1.58. The zero-order chi connectivity index (χ0) is 23.9. The zero-order valence-corrected chi connectivity index (χ0v) is 18.8. The molecule has 0 saturated carbocycles. The number of ether oxygens (including phenoxy) is 1. The van der Waals surface area contributed by atoms with Crippen LogP contribution in [0.15, 0.2) is 76.5 Å². The Morgan fingerprint density at radius 1 is 1.09 bits per heavy atom. The van der Waals surface area contributed by atoms with Crippen LogP contribution in [-0.2, 0) is 11.3 Å². The van der Waals surface area contributed by atoms with Gasteiger partial charge in [-0.2, -0.15) is 0 Å². The lowest BCUT2D eigenvalue weighted by Gasteiger charge is -2.10. The van der Waals surface area contributed by atoms with Gasteiger partial charge in [0.1, 0.15) is 17.3 Å². The highest BCUT2D eigenvalue weighted by Crippen LogP contribution is 2.27. The second kappa shape index (κ2) is 10.7. The lowest BCUT2D eigenvalue weighted by molar-refractivity contribution is -0.119. The first-order chi connectivity index (χ1) is 16.5. The molecule has 2 aromatic heterocycles. The number of benzene rings is 2. The maximum Gasteiger partial charge on any atom is 0.269 e. The number of nitrogens with one attached hydrogen (secondary N) is 2. The number of thioether (sulfide) groups is 1. The van der Waals surface area contributed by atoms with E-state index >= 15 is 0 Å². The smallest absolute Gasteiger partial charge is 0.269 e. The van der Waals surface area contributed by atoms with Gasteiger partial charge >= 0.3 is 0 Å². The van der Waals surface area contributed by atoms with Gasteiger partial charge in [-0.15, -0.1) is 10.2 Å². The summed E-state index contributed by atoms with van der Waals surface area (Å²) < 4.78 is 25.6. The van der Waals surface area contributed by atoms with Gasteiger partial charge in [-0.3, -0.25) is 25.0 Å². The first-order valence-corrected chi connectivity index (χ1v) is 11.1. The number of hydrogen-bond acceptors (Lipinski definition) is 7. The highest BCUT2D eigenvalue weighted by molar-refractivity contribution is 7.99. The van der Waals surface area contributed by atoms with Crippen molar-refractivity contribution in [3.63, 3.8) is 0 Å². The lowest BCUT2D eigenvalue weighted by Crippen LogP contribution is -2.42. The molecule has 4 rings (SSSR count). The van der Waals surface area contributed by atoms with Crippen molar-refractivity contribution in [1.82, 2.24) is 25.6 Å². The zero-order valence-electron chi connectivity index (χ0n) is 18.0. The molecule has 0 spiro atoms. The number of aromatic nitrogens is 3. The van der Waals surface area contributed by atoms with Crippen LogP contribution < -0.4 is 15.6 Å². The topological polar surface area (TPSA) is 111 Å². The molecular weight excluding hydrogens is 461 g/mol. The largest absolute Gasteiger partial charge is 0.497 e. The minimum Gasteiger partial charge on any atom is -0.497 e. The molecule has 0 aliphatic heterocycles. The van der Waals surface area contributed by atoms with Crippen molar-refractivity contribution in [1.29, 1.82) is 0 Å². The number of carbonyl (C=O) groups is 2. The standard InChI is InChI=1S/C23H20FN5O4S/c1-32-18-5-2-4-16(12-18)21-26-28-23(29(21)13-19-6-3-11-33-19)34-14-20(30)25-27-22(31)15-7-9-17(24)10-8-15/h2-12H,13-14H2,1H3,(H,25,30)(H,27,31). The number of hydrogen-bond donors (Lipinski definition) is 2. The Hall–Kier alpha value is -4.12. The number of amides is 2. The number of hydrazine groups is 1. The number of nitrogens with zero attached hydrogens (tertiary/aromatic N) is 3. The molecule has 2 aromatic carbocycles. The number of carbonyl (C=O) groups excluding carboxylic acids is 2. The van der Waals surface area contributed by atoms with Crippen LogP contribution in [-0.4, -0.2) is 39.4 Å². The molecule has 0 aliphatic carbocycles. The minimum atomic E-state index is -0.556. The third-order valence-electron chi connectivity index (χ3n) is 4.69. The molecule has 2 N–H and O–H groups in total. The van der Waals surface area contributed by atoms with E-state index in [1.807, 2.05) is 34.9 Å². The predicted octanol–water partition coefficient (Wildman–Crippen LogP) is 3.29. The van der Waals surface area contributed by atoms with Gasteiger partial charge < -0.3 is 9.15 Å². The predicted molar refractivity (Wildman–Crippen MR) is 123 cm³/mol. The summed E-state index contributed by atoms with van der Waals surface area (Å²) in [5.74, 6) is 0.470. The monoisotopic (exact) mass is 481 g/mol. The van der Waals surface area contributed by atoms with Crippen molar-refractivity contribution in [2.45, 2.75) is 11.7 Å². The van der Waals surface area contributed by atoms with Gasteiger partial charge in [0.25, 0.3) is 5.91 Å². The van der Waals surface area contributed by atoms with E-state index < -0.39 is 17.6 Å². The average molecular weight is 482 g/mol. The van der Waals surface area contributed by atoms with Crippen molar-refractivity contribution >= 4 is 23.6 Å². The van der Waals surface area contributed by atoms with E-state index in [1.165, 1.54) is 24.3 Å². The molecule has 9 nitrogen and oxygen atoms in total. The van der Waals surface area contributed by atoms with E-state index in [4.69, 9.17) is 9.15 Å². The van der Waals surface area contributed by atoms with Gasteiger partial charge in [0, 0.05) is 11.1 Å². The first kappa shape index (κ1) is 23.1. The second-order valence-corrected chi connectivity index (χ2v) is 7.94. The third kappa shape index (κ3) is 5.62. The molecule has 174 valence electrons. The Balaban J connectivity index is 1.44. The summed E-state index contributed by atoms with van der Waals surface area (Å²) in [6.45, 7) is 0.359. The molecule has 0 bridgehead atoms. The van der Waals surface area contributed by atoms with Gasteiger partial charge in [-0.25, -0.2) is 4.39 Å². The highest BCUT2D eigenvalue weighted by Gasteiger charge is 2.18. The number of methoxy groups -OCH3 is 1. The number of halogens is 1. The Morgan fingerprint density at radius 3 is 2.65 bits per heavy atom. The highest BCUT2D eigenvalue weighted by atomic mass is 32.2. The number of rotatable bonds is 8. The van der Waals surface area contributed by atoms with Gasteiger partial charge in [-0.05, 0) is 48.5 Å². The van der Waals surface area contributed by atoms with E-state index in [-0.39, 0.29) is 11.3 Å². The fraction of sp³-hybridized carbons (Fsp3) is 0.130. The summed E-state index contributed by atoms with van der Waals surface area (Å²) >= 11 is 1.16. The normalized spacial score (nSPS) is 10.6. The van der Waals surface area contributed by atoms with E-state index in [9.17, 15) is 14.0 Å². The van der Waals surface area contributed by atoms with E-state index in [2.05, 4.69) is 21.0 Å². The fourth-order valence-corrected chi connectivity index (χ4v) is 3.78. The lowest BCUT2D eigenvalue weighted by atomic mass is 10.2. The van der Waals surface area contributed by atoms with E-state index in [0.717, 1.165) is 17.3 Å². The Morgan fingerprint density at radius 2 is 1.91 bits per heavy atom. The molecule has 34 heavy (non-hydrogen) atoms. The average Bonchev–Trinajstić information content (AvgIpc) is 3.52. The second-order valence-electron chi connectivity index (χ2n) is 7.00. The SMILES string of the molecule is COc1cccc(-c2nnc(SCC(=O)NNC(=O)c3ccc(F)cc3)n2Cc2ccco2)c1. The molecule has 11 heteroatoms. The molecule has 0 saturated heterocycles. The molecule has 0 atom stereocenters. The van der Waals surface area contributed by atoms with Crippen LogP contribution in [0.3, 0.4) is 0 Å². The van der Waals surface area contributed by atoms with Crippen LogP contribution >= 0.6 is 11.8 Å². The van der Waals surface area contributed by atoms with E-state index in [0.29, 0.717) is 29.0 Å². The van der Waals surface area contributed by atoms with Gasteiger partial charge in [-0.1, -0.05) is 23.9 Å². The molecule has 4 aromatic rings. The van der Waals surface area contributed by atoms with E-state index in [1.54, 1.807) is 19.4 Å². The first-order valence-electron chi connectivity index (χ1n) is 10.1. The van der Waals surface area contributed by atoms with Crippen molar-refractivity contribution in [2.24, 2.45) is 0 Å². The van der Waals surface area contributed by atoms with Crippen LogP contribution in [0.1, 0.15) is 16.1 Å². The summed E-state index contributed by atoms with van der Waals surface area (Å²) in [5, 5.41) is 9.04. The number of furan rings is 1. The van der Waals surface area contributed by atoms with Crippen molar-refractivity contribution in [3.05, 3.63) is 84.1 Å². The van der Waals surface area contributed by atoms with Gasteiger partial charge in [0.05, 0.1) is 25.7 Å². The van der Waals surface area contributed by atoms with Crippen molar-refractivity contribution in [3.8, 4) is 17.1 Å². The molecular formula is C23H20FN5O4S. The fourth-order valence-electron chi connectivity index (χ4n) is 3.04. The minimum absolute atomic E-state index is 0.0297. The maximum atomic E-state index is 13.0. The molecule has 0 aliphatic rings. The summed E-state index contributed by atoms with van der Waals surface area (Å²) in [5.41, 5.74) is 5.65. The van der Waals surface area contributed by atoms with Crippen LogP contribution in [0, 0.1) is 5.82 Å². The molecule has 0 unspecified atom stereocenters. The molecule has 2 heterocycles. The summed E-state index contributed by atoms with van der Waals surface area (Å²) in [6, 6.07) is 16.0. The van der Waals surface area contributed by atoms with Crippen LogP contribution in [0.25, 0.3) is 11.4 Å². The molecule has 0 radical (unpaired) electrons. The maximum absolute atomic E-state index is 13.0. The quantitative estimate of drug-likeness (QED) is 0.293. The van der Waals surface area contributed by atoms with Crippen molar-refractivity contribution in [2.75, 3.05) is 12.9 Å². The van der Waals surface area contributed by atoms with Gasteiger partial charge in [0.15, 0.2) is 11.0 Å². The van der Waals surface area contributed by atoms with Gasteiger partial charge in [0.2, 0.25) is 5.91 Å².